The second kappa shape index (κ2) is 3.82. The zero-order valence-electron chi connectivity index (χ0n) is 9.78. The summed E-state index contributed by atoms with van der Waals surface area (Å²) in [6.45, 7) is 0. The normalized spacial score (nSPS) is 12.5. The van der Waals surface area contributed by atoms with Crippen molar-refractivity contribution in [2.75, 3.05) is 0 Å². The molecule has 3 aromatic carbocycles. The Morgan fingerprint density at radius 2 is 1.44 bits per heavy atom. The van der Waals surface area contributed by atoms with E-state index in [1.807, 2.05) is 0 Å². The molecule has 0 saturated carbocycles. The maximum atomic E-state index is 2.39. The van der Waals surface area contributed by atoms with Crippen LogP contribution in [0.4, 0.5) is 0 Å². The smallest absolute Gasteiger partial charge is 0.0136 e. The lowest BCUT2D eigenvalue weighted by Crippen LogP contribution is -1.81. The van der Waals surface area contributed by atoms with Gasteiger partial charge in [-0.2, -0.15) is 0 Å². The van der Waals surface area contributed by atoms with Gasteiger partial charge in [0.25, 0.3) is 0 Å². The van der Waals surface area contributed by atoms with Crippen LogP contribution in [0.5, 0.6) is 0 Å². The van der Waals surface area contributed by atoms with Crippen LogP contribution in [0.15, 0.2) is 54.6 Å². The molecule has 0 atom stereocenters. The quantitative estimate of drug-likeness (QED) is 0.394. The molecule has 1 aliphatic rings. The molecule has 0 spiro atoms. The van der Waals surface area contributed by atoms with Crippen molar-refractivity contribution in [2.24, 2.45) is 0 Å². The number of hydrogen-bond acceptors (Lipinski definition) is 0. The first-order valence-corrected chi connectivity index (χ1v) is 7.19. The minimum atomic E-state index is 1.08. The summed E-state index contributed by atoms with van der Waals surface area (Å²) in [7, 11) is 0. The topological polar surface area (TPSA) is 0 Å². The third-order valence-electron chi connectivity index (χ3n) is 3.71. The molecule has 0 saturated heterocycles. The monoisotopic (exact) mass is 342 g/mol. The van der Waals surface area contributed by atoms with Gasteiger partial charge in [-0.05, 0) is 80.2 Å². The summed E-state index contributed by atoms with van der Waals surface area (Å²) in [6.07, 6.45) is 1.08. The van der Waals surface area contributed by atoms with E-state index in [4.69, 9.17) is 0 Å². The van der Waals surface area contributed by atoms with Crippen LogP contribution in [0.25, 0.3) is 21.9 Å². The fourth-order valence-corrected chi connectivity index (χ4v) is 3.33. The predicted molar refractivity (Wildman–Crippen MR) is 84.9 cm³/mol. The van der Waals surface area contributed by atoms with Crippen LogP contribution in [0, 0.1) is 3.57 Å². The van der Waals surface area contributed by atoms with Gasteiger partial charge in [-0.25, -0.2) is 0 Å². The van der Waals surface area contributed by atoms with Gasteiger partial charge in [0.1, 0.15) is 0 Å². The Labute approximate surface area is 120 Å². The minimum Gasteiger partial charge on any atom is -0.0616 e. The van der Waals surface area contributed by atoms with Crippen molar-refractivity contribution in [1.29, 1.82) is 0 Å². The maximum absolute atomic E-state index is 2.39. The molecular weight excluding hydrogens is 331 g/mol. The van der Waals surface area contributed by atoms with Crippen molar-refractivity contribution in [3.63, 3.8) is 0 Å². The Balaban J connectivity index is 2.05. The Bertz CT molecular complexity index is 772. The third kappa shape index (κ3) is 1.50. The Morgan fingerprint density at radius 1 is 0.722 bits per heavy atom. The van der Waals surface area contributed by atoms with E-state index >= 15 is 0 Å². The van der Waals surface area contributed by atoms with Gasteiger partial charge >= 0.3 is 0 Å². The van der Waals surface area contributed by atoms with Crippen LogP contribution >= 0.6 is 22.6 Å². The molecule has 4 rings (SSSR count). The summed E-state index contributed by atoms with van der Waals surface area (Å²) in [5.41, 5.74) is 5.76. The third-order valence-corrected chi connectivity index (χ3v) is 4.39. The number of hydrogen-bond donors (Lipinski definition) is 0. The molecule has 1 aliphatic carbocycles. The highest BCUT2D eigenvalue weighted by Crippen LogP contribution is 2.39. The summed E-state index contributed by atoms with van der Waals surface area (Å²) in [5.74, 6) is 0. The summed E-state index contributed by atoms with van der Waals surface area (Å²) in [5, 5.41) is 2.68. The molecule has 0 aromatic heterocycles. The van der Waals surface area contributed by atoms with Crippen molar-refractivity contribution < 1.29 is 0 Å². The van der Waals surface area contributed by atoms with Crippen LogP contribution in [0.3, 0.4) is 0 Å². The molecule has 0 radical (unpaired) electrons. The molecule has 0 bridgehead atoms. The number of fused-ring (bicyclic) bond motifs is 4. The molecule has 0 N–H and O–H groups in total. The maximum Gasteiger partial charge on any atom is 0.0136 e. The van der Waals surface area contributed by atoms with Crippen molar-refractivity contribution in [2.45, 2.75) is 6.42 Å². The highest BCUT2D eigenvalue weighted by molar-refractivity contribution is 14.1. The molecule has 0 fully saturated rings. The zero-order valence-corrected chi connectivity index (χ0v) is 11.9. The minimum absolute atomic E-state index is 1.08. The number of benzene rings is 3. The zero-order chi connectivity index (χ0) is 12.1. The van der Waals surface area contributed by atoms with E-state index in [0.717, 1.165) is 6.42 Å². The molecule has 0 nitrogen and oxygen atoms in total. The fraction of sp³-hybridized carbons (Fsp3) is 0.0588. The molecule has 1 heteroatoms. The van der Waals surface area contributed by atoms with E-state index in [9.17, 15) is 0 Å². The standard InChI is InChI=1S/C17H11I/c18-15-6-5-13-8-14-7-11-3-1-2-4-12(11)9-16(14)17(13)10-15/h1-7,9-10H,8H2. The average molecular weight is 342 g/mol. The fourth-order valence-electron chi connectivity index (χ4n) is 2.84. The molecule has 0 amide bonds. The lowest BCUT2D eigenvalue weighted by atomic mass is 10.0. The second-order valence-electron chi connectivity index (χ2n) is 4.83. The van der Waals surface area contributed by atoms with Gasteiger partial charge in [-0.1, -0.05) is 36.4 Å². The lowest BCUT2D eigenvalue weighted by Gasteiger charge is -2.04. The molecule has 18 heavy (non-hydrogen) atoms. The van der Waals surface area contributed by atoms with Gasteiger partial charge in [-0.15, -0.1) is 0 Å². The summed E-state index contributed by atoms with van der Waals surface area (Å²) >= 11 is 2.39. The van der Waals surface area contributed by atoms with Crippen molar-refractivity contribution >= 4 is 33.4 Å². The summed E-state index contributed by atoms with van der Waals surface area (Å²) < 4.78 is 1.31. The molecule has 0 aliphatic heterocycles. The van der Waals surface area contributed by atoms with Crippen LogP contribution in [0.1, 0.15) is 11.1 Å². The molecule has 0 heterocycles. The largest absolute Gasteiger partial charge is 0.0616 e. The molecule has 86 valence electrons. The van der Waals surface area contributed by atoms with Crippen LogP contribution in [0.2, 0.25) is 0 Å². The van der Waals surface area contributed by atoms with Gasteiger partial charge in [0.2, 0.25) is 0 Å². The van der Waals surface area contributed by atoms with Gasteiger partial charge < -0.3 is 0 Å². The van der Waals surface area contributed by atoms with E-state index in [0.29, 0.717) is 0 Å². The van der Waals surface area contributed by atoms with E-state index < -0.39 is 0 Å². The molecule has 0 unspecified atom stereocenters. The number of halogens is 1. The lowest BCUT2D eigenvalue weighted by molar-refractivity contribution is 1.27. The highest BCUT2D eigenvalue weighted by Gasteiger charge is 2.18. The van der Waals surface area contributed by atoms with Crippen LogP contribution < -0.4 is 0 Å². The van der Waals surface area contributed by atoms with E-state index in [1.54, 1.807) is 0 Å². The second-order valence-corrected chi connectivity index (χ2v) is 6.08. The number of rotatable bonds is 0. The Morgan fingerprint density at radius 3 is 2.28 bits per heavy atom. The van der Waals surface area contributed by atoms with Crippen molar-refractivity contribution in [3.8, 4) is 11.1 Å². The molecular formula is C17H11I. The van der Waals surface area contributed by atoms with E-state index in [1.165, 1.54) is 36.6 Å². The Hall–Kier alpha value is -1.35. The summed E-state index contributed by atoms with van der Waals surface area (Å²) in [4.78, 5) is 0. The van der Waals surface area contributed by atoms with Gasteiger partial charge in [-0.3, -0.25) is 0 Å². The van der Waals surface area contributed by atoms with Gasteiger partial charge in [0, 0.05) is 3.57 Å². The average Bonchev–Trinajstić information content (AvgIpc) is 2.73. The first-order chi connectivity index (χ1) is 8.81. The van der Waals surface area contributed by atoms with Crippen molar-refractivity contribution in [1.82, 2.24) is 0 Å². The van der Waals surface area contributed by atoms with Crippen molar-refractivity contribution in [3.05, 3.63) is 69.3 Å². The first-order valence-electron chi connectivity index (χ1n) is 6.12. The van der Waals surface area contributed by atoms with Gasteiger partial charge in [0.05, 0.1) is 0 Å². The first kappa shape index (κ1) is 10.6. The van der Waals surface area contributed by atoms with Crippen LogP contribution in [-0.2, 0) is 6.42 Å². The van der Waals surface area contributed by atoms with Gasteiger partial charge in [0.15, 0.2) is 0 Å². The highest BCUT2D eigenvalue weighted by atomic mass is 127. The Kier molecular flexibility index (Phi) is 2.24. The molecule has 3 aromatic rings. The summed E-state index contributed by atoms with van der Waals surface area (Å²) in [6, 6.07) is 20.1. The predicted octanol–water partition coefficient (Wildman–Crippen LogP) is 5.02. The van der Waals surface area contributed by atoms with Crippen LogP contribution in [-0.4, -0.2) is 0 Å². The van der Waals surface area contributed by atoms with E-state index in [-0.39, 0.29) is 0 Å². The SMILES string of the molecule is Ic1ccc2c(c1)-c1cc3ccccc3cc1C2. The van der Waals surface area contributed by atoms with E-state index in [2.05, 4.69) is 77.2 Å².